The van der Waals surface area contributed by atoms with E-state index in [0.29, 0.717) is 10.4 Å². The summed E-state index contributed by atoms with van der Waals surface area (Å²) >= 11 is 3.04. The molecule has 112 valence electrons. The molecule has 1 atom stereocenters. The zero-order valence-electron chi connectivity index (χ0n) is 11.3. The smallest absolute Gasteiger partial charge is 0.367 e. The third-order valence-corrected chi connectivity index (χ3v) is 4.31. The van der Waals surface area contributed by atoms with Crippen molar-refractivity contribution < 1.29 is 13.2 Å². The Kier molecular flexibility index (Phi) is 4.94. The Balaban J connectivity index is 2.16. The number of hydrogen-bond acceptors (Lipinski definition) is 2. The van der Waals surface area contributed by atoms with Crippen molar-refractivity contribution in [3.63, 3.8) is 0 Å². The van der Waals surface area contributed by atoms with Crippen molar-refractivity contribution in [3.05, 3.63) is 22.3 Å². The first-order valence-electron chi connectivity index (χ1n) is 6.87. The molecule has 0 spiro atoms. The normalized spacial score (nSPS) is 18.9. The molecule has 1 fully saturated rings. The maximum Gasteiger partial charge on any atom is 0.419 e. The van der Waals surface area contributed by atoms with Gasteiger partial charge >= 0.3 is 6.18 Å². The molecule has 1 aromatic rings. The Morgan fingerprint density at radius 3 is 2.55 bits per heavy atom. The lowest BCUT2D eigenvalue weighted by atomic mass is 9.84. The topological polar surface area (TPSA) is 24.9 Å². The van der Waals surface area contributed by atoms with Crippen LogP contribution in [0.5, 0.6) is 0 Å². The Morgan fingerprint density at radius 1 is 1.30 bits per heavy atom. The van der Waals surface area contributed by atoms with Gasteiger partial charge in [-0.25, -0.2) is 4.98 Å². The second-order valence-electron chi connectivity index (χ2n) is 5.38. The summed E-state index contributed by atoms with van der Waals surface area (Å²) in [6.07, 6.45) is 2.70. The van der Waals surface area contributed by atoms with Crippen LogP contribution >= 0.6 is 15.9 Å². The van der Waals surface area contributed by atoms with Crippen LogP contribution < -0.4 is 5.32 Å². The molecule has 20 heavy (non-hydrogen) atoms. The lowest BCUT2D eigenvalue weighted by Gasteiger charge is -2.29. The van der Waals surface area contributed by atoms with Crippen molar-refractivity contribution in [2.45, 2.75) is 51.2 Å². The second kappa shape index (κ2) is 6.33. The fourth-order valence-corrected chi connectivity index (χ4v) is 3.07. The monoisotopic (exact) mass is 350 g/mol. The number of halogens is 4. The van der Waals surface area contributed by atoms with Gasteiger partial charge in [-0.2, -0.15) is 13.2 Å². The van der Waals surface area contributed by atoms with E-state index in [0.717, 1.165) is 31.7 Å². The molecule has 1 N–H and O–H groups in total. The van der Waals surface area contributed by atoms with E-state index < -0.39 is 11.7 Å². The summed E-state index contributed by atoms with van der Waals surface area (Å²) in [4.78, 5) is 3.90. The van der Waals surface area contributed by atoms with Gasteiger partial charge in [-0.05, 0) is 47.7 Å². The second-order valence-corrected chi connectivity index (χ2v) is 6.29. The van der Waals surface area contributed by atoms with Crippen LogP contribution in [0.4, 0.5) is 19.0 Å². The number of alkyl halides is 3. The largest absolute Gasteiger partial charge is 0.419 e. The summed E-state index contributed by atoms with van der Waals surface area (Å²) in [6.45, 7) is 1.94. The highest BCUT2D eigenvalue weighted by Gasteiger charge is 2.35. The van der Waals surface area contributed by atoms with Crippen LogP contribution in [0.1, 0.15) is 44.6 Å². The number of nitrogens with zero attached hydrogens (tertiary/aromatic N) is 1. The minimum Gasteiger partial charge on any atom is -0.367 e. The minimum absolute atomic E-state index is 0.00470. The van der Waals surface area contributed by atoms with Gasteiger partial charge in [-0.15, -0.1) is 0 Å². The number of anilines is 1. The molecule has 2 nitrogen and oxygen atoms in total. The van der Waals surface area contributed by atoms with Crippen LogP contribution in [0, 0.1) is 5.92 Å². The minimum atomic E-state index is -4.40. The van der Waals surface area contributed by atoms with E-state index in [9.17, 15) is 13.2 Å². The van der Waals surface area contributed by atoms with Gasteiger partial charge < -0.3 is 5.32 Å². The van der Waals surface area contributed by atoms with Crippen LogP contribution in [0.3, 0.4) is 0 Å². The average molecular weight is 351 g/mol. The van der Waals surface area contributed by atoms with Crippen LogP contribution in [0.25, 0.3) is 0 Å². The molecule has 0 saturated heterocycles. The van der Waals surface area contributed by atoms with Gasteiger partial charge in [0.25, 0.3) is 0 Å². The summed E-state index contributed by atoms with van der Waals surface area (Å²) in [7, 11) is 0. The van der Waals surface area contributed by atoms with Crippen LogP contribution in [0.2, 0.25) is 0 Å². The fraction of sp³-hybridized carbons (Fsp3) is 0.643. The third-order valence-electron chi connectivity index (χ3n) is 3.88. The molecule has 1 aliphatic rings. The number of pyridine rings is 1. The summed E-state index contributed by atoms with van der Waals surface area (Å²) in [5, 5.41) is 2.96. The van der Waals surface area contributed by atoms with Crippen molar-refractivity contribution in [2.75, 3.05) is 5.32 Å². The highest BCUT2D eigenvalue weighted by atomic mass is 79.9. The zero-order valence-corrected chi connectivity index (χ0v) is 12.9. The van der Waals surface area contributed by atoms with Gasteiger partial charge in [0.1, 0.15) is 5.82 Å². The highest BCUT2D eigenvalue weighted by Crippen LogP contribution is 2.36. The number of hydrogen-bond donors (Lipinski definition) is 1. The first-order valence-corrected chi connectivity index (χ1v) is 7.66. The molecule has 0 aliphatic heterocycles. The van der Waals surface area contributed by atoms with Gasteiger partial charge in [0.2, 0.25) is 0 Å². The van der Waals surface area contributed by atoms with Crippen molar-refractivity contribution in [1.29, 1.82) is 0 Å². The Labute approximate surface area is 125 Å². The van der Waals surface area contributed by atoms with Crippen molar-refractivity contribution in [2.24, 2.45) is 5.92 Å². The quantitative estimate of drug-likeness (QED) is 0.805. The fourth-order valence-electron chi connectivity index (χ4n) is 2.74. The predicted molar refractivity (Wildman–Crippen MR) is 76.6 cm³/mol. The van der Waals surface area contributed by atoms with Crippen molar-refractivity contribution >= 4 is 21.7 Å². The number of aromatic nitrogens is 1. The van der Waals surface area contributed by atoms with E-state index in [-0.39, 0.29) is 11.9 Å². The molecule has 1 aromatic heterocycles. The van der Waals surface area contributed by atoms with Gasteiger partial charge in [0.05, 0.1) is 5.56 Å². The van der Waals surface area contributed by atoms with Crippen LogP contribution in [-0.4, -0.2) is 11.0 Å². The molecule has 0 bridgehead atoms. The SMILES string of the molecule is CC(Nc1ncc(Br)cc1C(F)(F)F)C1CCCCC1. The Morgan fingerprint density at radius 2 is 1.95 bits per heavy atom. The zero-order chi connectivity index (χ0) is 14.8. The predicted octanol–water partition coefficient (Wildman–Crippen LogP) is 5.24. The summed E-state index contributed by atoms with van der Waals surface area (Å²) in [5.74, 6) is 0.356. The molecule has 6 heteroatoms. The number of rotatable bonds is 3. The van der Waals surface area contributed by atoms with Gasteiger partial charge in [0, 0.05) is 16.7 Å². The number of nitrogens with one attached hydrogen (secondary N) is 1. The van der Waals surface area contributed by atoms with Gasteiger partial charge in [-0.3, -0.25) is 0 Å². The third kappa shape index (κ3) is 3.87. The maximum absolute atomic E-state index is 13.0. The van der Waals surface area contributed by atoms with Gasteiger partial charge in [0.15, 0.2) is 0 Å². The summed E-state index contributed by atoms with van der Waals surface area (Å²) < 4.78 is 39.4. The first-order chi connectivity index (χ1) is 9.38. The molecular weight excluding hydrogens is 333 g/mol. The molecule has 2 rings (SSSR count). The Hall–Kier alpha value is -0.780. The molecule has 1 saturated carbocycles. The van der Waals surface area contributed by atoms with E-state index in [2.05, 4.69) is 26.2 Å². The summed E-state index contributed by atoms with van der Waals surface area (Å²) in [6, 6.07) is 1.08. The van der Waals surface area contributed by atoms with E-state index in [1.54, 1.807) is 0 Å². The van der Waals surface area contributed by atoms with Crippen molar-refractivity contribution in [1.82, 2.24) is 4.98 Å². The van der Waals surface area contributed by atoms with E-state index in [1.807, 2.05) is 6.92 Å². The molecular formula is C14H18BrF3N2. The van der Waals surface area contributed by atoms with Crippen molar-refractivity contribution in [3.8, 4) is 0 Å². The van der Waals surface area contributed by atoms with E-state index in [1.165, 1.54) is 12.6 Å². The molecule has 0 amide bonds. The molecule has 0 radical (unpaired) electrons. The molecule has 1 aliphatic carbocycles. The Bertz CT molecular complexity index is 456. The van der Waals surface area contributed by atoms with Crippen LogP contribution in [0.15, 0.2) is 16.7 Å². The molecule has 0 aromatic carbocycles. The highest BCUT2D eigenvalue weighted by molar-refractivity contribution is 9.10. The summed E-state index contributed by atoms with van der Waals surface area (Å²) in [5.41, 5.74) is -0.713. The average Bonchev–Trinajstić information content (AvgIpc) is 2.40. The standard InChI is InChI=1S/C14H18BrF3N2/c1-9(10-5-3-2-4-6-10)20-13-12(14(16,17)18)7-11(15)8-19-13/h7-10H,2-6H2,1H3,(H,19,20). The molecule has 1 heterocycles. The lowest BCUT2D eigenvalue weighted by Crippen LogP contribution is -2.29. The van der Waals surface area contributed by atoms with Gasteiger partial charge in [-0.1, -0.05) is 19.3 Å². The van der Waals surface area contributed by atoms with Crippen LogP contribution in [-0.2, 0) is 6.18 Å². The maximum atomic E-state index is 13.0. The lowest BCUT2D eigenvalue weighted by molar-refractivity contribution is -0.137. The molecule has 1 unspecified atom stereocenters. The van der Waals surface area contributed by atoms with E-state index >= 15 is 0 Å². The first kappa shape index (κ1) is 15.6. The van der Waals surface area contributed by atoms with E-state index in [4.69, 9.17) is 0 Å².